The van der Waals surface area contributed by atoms with Gasteiger partial charge in [-0.1, -0.05) is 167 Å². The minimum atomic E-state index is -4.30. The van der Waals surface area contributed by atoms with Gasteiger partial charge < -0.3 is 37.0 Å². The smallest absolute Gasteiger partial charge is 0.465 e. The standard InChI is InChI=1S/C63H125O13PSi5/c1-46(44-68-57(64)58(4,5)6)54(76-82(29,30)61(13,14)15)48(3)51(74-80(25,26)59(7,8)9)42-52(66-18)55-56(73-77(65,69-38-40-78(19,20)21)70-39-41-79(22,23)24)62(16,17)63(72-55)43-53(75-81(27,28)60(10,11)12)47(2)50(71-63)36-37-67-45-49-34-32-31-33-35-49/h31-35,46-48,50-56H,36-45H2,1-30H3/t46-,47-,48+,50+,51+,52+,53-,54-,55-,56+,63-/m0/s1. The molecule has 1 spiro atoms. The van der Waals surface area contributed by atoms with Crippen LogP contribution in [-0.2, 0) is 66.5 Å². The monoisotopic (exact) mass is 1260 g/mol. The fraction of sp³-hybridized carbons (Fsp3) is 0.889. The van der Waals surface area contributed by atoms with E-state index in [0.29, 0.717) is 32.5 Å². The highest BCUT2D eigenvalue weighted by atomic mass is 31.2. The van der Waals surface area contributed by atoms with E-state index in [-0.39, 0.29) is 77.0 Å². The summed E-state index contributed by atoms with van der Waals surface area (Å²) in [5, 5.41) is -0.343. The van der Waals surface area contributed by atoms with E-state index in [0.717, 1.165) is 17.7 Å². The van der Waals surface area contributed by atoms with Crippen LogP contribution < -0.4 is 0 Å². The van der Waals surface area contributed by atoms with E-state index in [1.807, 2.05) is 39.0 Å². The van der Waals surface area contributed by atoms with Crippen LogP contribution in [0.3, 0.4) is 0 Å². The summed E-state index contributed by atoms with van der Waals surface area (Å²) in [5.41, 5.74) is -0.566. The van der Waals surface area contributed by atoms with Gasteiger partial charge in [0.05, 0.1) is 62.4 Å². The SMILES string of the molecule is CO[C@H](C[C@@H](O[Si](C)(C)C(C)(C)C)[C@@H](C)[C@@H](O[Si](C)(C)C(C)(C)C)[C@@H](C)COC(=O)C(C)(C)C)[C@@H]1O[C@@]2(C[C@H](O[Si](C)(C)C(C)(C)C)[C@@H](C)[C@@H](CCOCc3ccccc3)O2)C(C)(C)[C@@H]1OP(=O)(OCC[Si](C)(C)C)OCC[Si](C)(C)C. The third-order valence-corrected chi connectivity index (χ3v) is 37.4. The van der Waals surface area contributed by atoms with Crippen molar-refractivity contribution in [3.05, 3.63) is 35.9 Å². The Morgan fingerprint density at radius 3 is 1.68 bits per heavy atom. The summed E-state index contributed by atoms with van der Waals surface area (Å²) in [4.78, 5) is 13.4. The highest BCUT2D eigenvalue weighted by Crippen LogP contribution is 2.62. The molecular formula is C63H125O13PSi5. The van der Waals surface area contributed by atoms with E-state index < -0.39 is 90.0 Å². The minimum Gasteiger partial charge on any atom is -0.465 e. The number of phosphoric ester groups is 1. The summed E-state index contributed by atoms with van der Waals surface area (Å²) in [7, 11) is -13.3. The average Bonchev–Trinajstić information content (AvgIpc) is 2.06. The molecule has 2 aliphatic rings. The zero-order valence-electron chi connectivity index (χ0n) is 58.0. The maximum Gasteiger partial charge on any atom is 0.475 e. The van der Waals surface area contributed by atoms with Gasteiger partial charge in [-0.2, -0.15) is 0 Å². The van der Waals surface area contributed by atoms with Gasteiger partial charge in [0.1, 0.15) is 12.2 Å². The van der Waals surface area contributed by atoms with Crippen molar-refractivity contribution in [1.82, 2.24) is 0 Å². The second kappa shape index (κ2) is 28.6. The summed E-state index contributed by atoms with van der Waals surface area (Å²) in [6.45, 7) is 65.9. The molecule has 2 fully saturated rings. The van der Waals surface area contributed by atoms with E-state index in [4.69, 9.17) is 50.5 Å². The second-order valence-corrected chi connectivity index (χ2v) is 60.4. The lowest BCUT2D eigenvalue weighted by Crippen LogP contribution is -2.60. The number of benzene rings is 1. The molecule has 13 nitrogen and oxygen atoms in total. The molecule has 0 unspecified atom stereocenters. The fourth-order valence-corrected chi connectivity index (χ4v) is 17.3. The topological polar surface area (TPSA) is 136 Å². The van der Waals surface area contributed by atoms with Crippen LogP contribution in [0.5, 0.6) is 0 Å². The molecule has 1 aromatic carbocycles. The van der Waals surface area contributed by atoms with Crippen molar-refractivity contribution < 1.29 is 59.9 Å². The lowest BCUT2D eigenvalue weighted by atomic mass is 9.72. The van der Waals surface area contributed by atoms with Crippen molar-refractivity contribution >= 4 is 54.9 Å². The molecule has 2 aliphatic heterocycles. The molecule has 480 valence electrons. The number of carbonyl (C=O) groups excluding carboxylic acids is 1. The number of ether oxygens (including phenoxy) is 5. The van der Waals surface area contributed by atoms with Crippen LogP contribution in [0, 0.1) is 28.6 Å². The molecule has 0 saturated carbocycles. The van der Waals surface area contributed by atoms with Gasteiger partial charge in [-0.3, -0.25) is 18.4 Å². The molecule has 19 heteroatoms. The molecule has 0 amide bonds. The maximum absolute atomic E-state index is 15.8. The Hall–Kier alpha value is -0.396. The van der Waals surface area contributed by atoms with Crippen LogP contribution in [0.4, 0.5) is 0 Å². The van der Waals surface area contributed by atoms with E-state index in [1.165, 1.54) is 0 Å². The molecule has 3 rings (SSSR count). The zero-order chi connectivity index (χ0) is 63.3. The van der Waals surface area contributed by atoms with Crippen molar-refractivity contribution in [3.8, 4) is 0 Å². The van der Waals surface area contributed by atoms with Gasteiger partial charge in [-0.15, -0.1) is 0 Å². The van der Waals surface area contributed by atoms with Gasteiger partial charge in [0.25, 0.3) is 0 Å². The number of phosphoric acid groups is 1. The molecule has 0 N–H and O–H groups in total. The van der Waals surface area contributed by atoms with Crippen LogP contribution >= 0.6 is 7.82 Å². The Kier molecular flexibility index (Phi) is 26.5. The van der Waals surface area contributed by atoms with Gasteiger partial charge in [0, 0.05) is 65.9 Å². The molecule has 0 radical (unpaired) electrons. The van der Waals surface area contributed by atoms with Crippen molar-refractivity contribution in [2.75, 3.05) is 33.5 Å². The highest BCUT2D eigenvalue weighted by Gasteiger charge is 2.69. The van der Waals surface area contributed by atoms with Crippen molar-refractivity contribution in [3.63, 3.8) is 0 Å². The molecule has 82 heavy (non-hydrogen) atoms. The zero-order valence-corrected chi connectivity index (χ0v) is 63.9. The first-order valence-corrected chi connectivity index (χ1v) is 48.7. The molecule has 11 atom stereocenters. The van der Waals surface area contributed by atoms with E-state index in [9.17, 15) is 4.79 Å². The Bertz CT molecular complexity index is 2150. The van der Waals surface area contributed by atoms with E-state index in [2.05, 4.69) is 188 Å². The Labute approximate surface area is 507 Å². The lowest BCUT2D eigenvalue weighted by molar-refractivity contribution is -0.335. The molecule has 0 aromatic heterocycles. The Morgan fingerprint density at radius 2 is 1.22 bits per heavy atom. The summed E-state index contributed by atoms with van der Waals surface area (Å²) in [5.74, 6) is -2.04. The molecule has 0 aliphatic carbocycles. The predicted octanol–water partition coefficient (Wildman–Crippen LogP) is 17.8. The van der Waals surface area contributed by atoms with Gasteiger partial charge in [-0.05, 0) is 99.2 Å². The normalized spacial score (nSPS) is 24.8. The highest BCUT2D eigenvalue weighted by molar-refractivity contribution is 7.48. The van der Waals surface area contributed by atoms with Crippen molar-refractivity contribution in [2.45, 2.75) is 298 Å². The van der Waals surface area contributed by atoms with Crippen molar-refractivity contribution in [1.29, 1.82) is 0 Å². The number of esters is 1. The average molecular weight is 1260 g/mol. The van der Waals surface area contributed by atoms with E-state index in [1.54, 1.807) is 7.11 Å². The first-order chi connectivity index (χ1) is 36.8. The van der Waals surface area contributed by atoms with Crippen LogP contribution in [0.15, 0.2) is 30.3 Å². The second-order valence-electron chi connectivity index (χ2n) is 33.2. The number of hydrogen-bond acceptors (Lipinski definition) is 13. The van der Waals surface area contributed by atoms with Crippen LogP contribution in [0.25, 0.3) is 0 Å². The number of hydrogen-bond donors (Lipinski definition) is 0. The third kappa shape index (κ3) is 21.1. The summed E-state index contributed by atoms with van der Waals surface area (Å²) in [6.07, 6.45) is -2.58. The number of methoxy groups -OCH3 is 1. The molecule has 0 bridgehead atoms. The number of carbonyl (C=O) groups is 1. The summed E-state index contributed by atoms with van der Waals surface area (Å²) in [6, 6.07) is 11.8. The quantitative estimate of drug-likeness (QED) is 0.0313. The first kappa shape index (κ1) is 75.9. The molecule has 2 saturated heterocycles. The van der Waals surface area contributed by atoms with Crippen molar-refractivity contribution in [2.24, 2.45) is 28.6 Å². The molecular weight excluding hydrogens is 1140 g/mol. The van der Waals surface area contributed by atoms with Gasteiger partial charge in [0.2, 0.25) is 0 Å². The Morgan fingerprint density at radius 1 is 0.720 bits per heavy atom. The van der Waals surface area contributed by atoms with Gasteiger partial charge >= 0.3 is 13.8 Å². The van der Waals surface area contributed by atoms with Crippen LogP contribution in [-0.4, -0.2) is 129 Å². The van der Waals surface area contributed by atoms with Gasteiger partial charge in [0.15, 0.2) is 30.7 Å². The predicted molar refractivity (Wildman–Crippen MR) is 352 cm³/mol. The lowest BCUT2D eigenvalue weighted by Gasteiger charge is -2.53. The summed E-state index contributed by atoms with van der Waals surface area (Å²) < 4.78 is 93.7. The largest absolute Gasteiger partial charge is 0.475 e. The van der Waals surface area contributed by atoms with E-state index >= 15 is 4.57 Å². The summed E-state index contributed by atoms with van der Waals surface area (Å²) >= 11 is 0. The molecule has 1 aromatic rings. The van der Waals surface area contributed by atoms with Crippen LogP contribution in [0.1, 0.15) is 143 Å². The minimum absolute atomic E-state index is 0.0253. The van der Waals surface area contributed by atoms with Gasteiger partial charge in [-0.25, -0.2) is 4.57 Å². The molecule has 2 heterocycles. The first-order valence-electron chi connectivity index (χ1n) is 31.1. The third-order valence-electron chi connectivity index (χ3n) is 19.0. The Balaban J connectivity index is 2.41. The van der Waals surface area contributed by atoms with Crippen LogP contribution in [0.2, 0.25) is 106 Å². The number of rotatable bonds is 30. The maximum atomic E-state index is 15.8. The fourth-order valence-electron chi connectivity index (χ4n) is 9.77.